The second-order valence-electron chi connectivity index (χ2n) is 5.67. The topological polar surface area (TPSA) is 29.5 Å². The lowest BCUT2D eigenvalue weighted by molar-refractivity contribution is 0.101. The highest BCUT2D eigenvalue weighted by molar-refractivity contribution is 6.30. The average molecular weight is 316 g/mol. The molecule has 4 heteroatoms. The molecule has 3 nitrogen and oxygen atoms in total. The lowest BCUT2D eigenvalue weighted by Gasteiger charge is -2.35. The molecule has 0 radical (unpaired) electrons. The maximum Gasteiger partial charge on any atom is 0.159 e. The molecule has 0 fully saturated rings. The predicted molar refractivity (Wildman–Crippen MR) is 89.0 cm³/mol. The van der Waals surface area contributed by atoms with E-state index in [0.29, 0.717) is 5.56 Å². The van der Waals surface area contributed by atoms with Crippen molar-refractivity contribution in [3.8, 4) is 5.75 Å². The zero-order valence-corrected chi connectivity index (χ0v) is 13.4. The molecule has 3 rings (SSSR count). The number of rotatable bonds is 3. The van der Waals surface area contributed by atoms with E-state index in [1.165, 1.54) is 5.56 Å². The number of anilines is 1. The van der Waals surface area contributed by atoms with Crippen molar-refractivity contribution >= 4 is 23.1 Å². The fourth-order valence-electron chi connectivity index (χ4n) is 2.71. The largest absolute Gasteiger partial charge is 0.487 e. The van der Waals surface area contributed by atoms with Crippen LogP contribution in [0.3, 0.4) is 0 Å². The molecule has 22 heavy (non-hydrogen) atoms. The predicted octanol–water partition coefficient (Wildman–Crippen LogP) is 4.33. The molecule has 0 spiro atoms. The molecule has 1 atom stereocenters. The monoisotopic (exact) mass is 315 g/mol. The van der Waals surface area contributed by atoms with Gasteiger partial charge in [0.1, 0.15) is 11.9 Å². The molecule has 1 aliphatic heterocycles. The van der Waals surface area contributed by atoms with Crippen LogP contribution in [-0.2, 0) is 6.54 Å². The molecule has 0 N–H and O–H groups in total. The summed E-state index contributed by atoms with van der Waals surface area (Å²) in [5.74, 6) is 0.894. The molecule has 2 aromatic carbocycles. The molecule has 1 aliphatic rings. The third kappa shape index (κ3) is 3.09. The van der Waals surface area contributed by atoms with Crippen LogP contribution in [0.15, 0.2) is 42.5 Å². The summed E-state index contributed by atoms with van der Waals surface area (Å²) in [5, 5.41) is 0.735. The minimum Gasteiger partial charge on any atom is -0.487 e. The van der Waals surface area contributed by atoms with E-state index in [0.717, 1.165) is 29.5 Å². The van der Waals surface area contributed by atoms with E-state index in [2.05, 4.69) is 11.8 Å². The minimum absolute atomic E-state index is 0.0628. The summed E-state index contributed by atoms with van der Waals surface area (Å²) in [6.07, 6.45) is 0.114. The van der Waals surface area contributed by atoms with Crippen LogP contribution < -0.4 is 9.64 Å². The summed E-state index contributed by atoms with van der Waals surface area (Å²) in [5.41, 5.74) is 2.86. The van der Waals surface area contributed by atoms with Crippen LogP contribution in [0.2, 0.25) is 5.02 Å². The van der Waals surface area contributed by atoms with Crippen LogP contribution in [0.5, 0.6) is 5.75 Å². The Hall–Kier alpha value is -2.00. The first-order valence-electron chi connectivity index (χ1n) is 7.34. The van der Waals surface area contributed by atoms with E-state index in [4.69, 9.17) is 16.3 Å². The summed E-state index contributed by atoms with van der Waals surface area (Å²) in [7, 11) is 0. The van der Waals surface area contributed by atoms with E-state index < -0.39 is 0 Å². The molecule has 2 aromatic rings. The maximum absolute atomic E-state index is 11.6. The number of ketones is 1. The Bertz CT molecular complexity index is 697. The van der Waals surface area contributed by atoms with Crippen molar-refractivity contribution in [1.29, 1.82) is 0 Å². The molecule has 0 aromatic heterocycles. The van der Waals surface area contributed by atoms with Gasteiger partial charge in [0.15, 0.2) is 5.78 Å². The van der Waals surface area contributed by atoms with Crippen LogP contribution >= 0.6 is 11.6 Å². The number of Topliss-reactive ketones (excluding diaryl/α,β-unsaturated/α-hetero) is 1. The number of hydrogen-bond acceptors (Lipinski definition) is 3. The zero-order chi connectivity index (χ0) is 15.7. The first-order valence-corrected chi connectivity index (χ1v) is 7.72. The van der Waals surface area contributed by atoms with Gasteiger partial charge in [-0.25, -0.2) is 0 Å². The Morgan fingerprint density at radius 2 is 2.00 bits per heavy atom. The molecule has 0 saturated carbocycles. The SMILES string of the molecule is CC(=O)c1ccc2c(c1)N(Cc1ccc(Cl)cc1)CC(C)O2. The van der Waals surface area contributed by atoms with Crippen molar-refractivity contribution < 1.29 is 9.53 Å². The summed E-state index contributed by atoms with van der Waals surface area (Å²) >= 11 is 5.94. The number of fused-ring (bicyclic) bond motifs is 1. The molecule has 1 heterocycles. The lowest BCUT2D eigenvalue weighted by atomic mass is 10.1. The van der Waals surface area contributed by atoms with Gasteiger partial charge >= 0.3 is 0 Å². The number of carbonyl (C=O) groups excluding carboxylic acids is 1. The molecule has 0 amide bonds. The highest BCUT2D eigenvalue weighted by atomic mass is 35.5. The third-order valence-corrected chi connectivity index (χ3v) is 4.05. The summed E-state index contributed by atoms with van der Waals surface area (Å²) in [4.78, 5) is 13.9. The van der Waals surface area contributed by atoms with Crippen LogP contribution in [0.1, 0.15) is 29.8 Å². The summed E-state index contributed by atoms with van der Waals surface area (Å²) in [6, 6.07) is 13.5. The van der Waals surface area contributed by atoms with Gasteiger partial charge in [-0.3, -0.25) is 4.79 Å². The van der Waals surface area contributed by atoms with Crippen molar-refractivity contribution in [1.82, 2.24) is 0 Å². The van der Waals surface area contributed by atoms with Crippen LogP contribution in [0, 0.1) is 0 Å². The number of ether oxygens (including phenoxy) is 1. The first-order chi connectivity index (χ1) is 10.5. The van der Waals surface area contributed by atoms with Gasteiger partial charge in [0, 0.05) is 17.1 Å². The van der Waals surface area contributed by atoms with Gasteiger partial charge in [0.05, 0.1) is 12.2 Å². The second-order valence-corrected chi connectivity index (χ2v) is 6.11. The fraction of sp³-hybridized carbons (Fsp3) is 0.278. The third-order valence-electron chi connectivity index (χ3n) is 3.80. The Morgan fingerprint density at radius 1 is 1.27 bits per heavy atom. The fourth-order valence-corrected chi connectivity index (χ4v) is 2.83. The van der Waals surface area contributed by atoms with E-state index in [9.17, 15) is 4.79 Å². The zero-order valence-electron chi connectivity index (χ0n) is 12.7. The molecular formula is C18H18ClNO2. The number of halogens is 1. The second kappa shape index (κ2) is 6.01. The highest BCUT2D eigenvalue weighted by Gasteiger charge is 2.23. The number of benzene rings is 2. The molecular weight excluding hydrogens is 298 g/mol. The van der Waals surface area contributed by atoms with Gasteiger partial charge in [-0.1, -0.05) is 23.7 Å². The van der Waals surface area contributed by atoms with E-state index >= 15 is 0 Å². The quantitative estimate of drug-likeness (QED) is 0.790. The van der Waals surface area contributed by atoms with Gasteiger partial charge in [-0.05, 0) is 49.7 Å². The summed E-state index contributed by atoms with van der Waals surface area (Å²) < 4.78 is 5.88. The molecule has 0 aliphatic carbocycles. The lowest BCUT2D eigenvalue weighted by Crippen LogP contribution is -2.38. The van der Waals surface area contributed by atoms with Gasteiger partial charge in [0.2, 0.25) is 0 Å². The van der Waals surface area contributed by atoms with E-state index in [-0.39, 0.29) is 11.9 Å². The first kappa shape index (κ1) is 14.9. The number of carbonyl (C=O) groups is 1. The maximum atomic E-state index is 11.6. The Morgan fingerprint density at radius 3 is 2.68 bits per heavy atom. The Kier molecular flexibility index (Phi) is 4.08. The molecule has 1 unspecified atom stereocenters. The van der Waals surface area contributed by atoms with Gasteiger partial charge < -0.3 is 9.64 Å². The Balaban J connectivity index is 1.93. The summed E-state index contributed by atoms with van der Waals surface area (Å²) in [6.45, 7) is 5.18. The van der Waals surface area contributed by atoms with Crippen molar-refractivity contribution in [3.05, 3.63) is 58.6 Å². The number of nitrogens with zero attached hydrogens (tertiary/aromatic N) is 1. The van der Waals surface area contributed by atoms with Gasteiger partial charge in [-0.15, -0.1) is 0 Å². The van der Waals surface area contributed by atoms with Crippen LogP contribution in [-0.4, -0.2) is 18.4 Å². The average Bonchev–Trinajstić information content (AvgIpc) is 2.49. The molecule has 0 saturated heterocycles. The van der Waals surface area contributed by atoms with E-state index in [1.807, 2.05) is 42.5 Å². The van der Waals surface area contributed by atoms with E-state index in [1.54, 1.807) is 6.92 Å². The van der Waals surface area contributed by atoms with Crippen molar-refractivity contribution in [2.75, 3.05) is 11.4 Å². The standard InChI is InChI=1S/C18H18ClNO2/c1-12-10-20(11-14-3-6-16(19)7-4-14)17-9-15(13(2)21)5-8-18(17)22-12/h3-9,12H,10-11H2,1-2H3. The van der Waals surface area contributed by atoms with Crippen LogP contribution in [0.25, 0.3) is 0 Å². The Labute approximate surface area is 135 Å². The van der Waals surface area contributed by atoms with Crippen molar-refractivity contribution in [3.63, 3.8) is 0 Å². The smallest absolute Gasteiger partial charge is 0.159 e. The van der Waals surface area contributed by atoms with Gasteiger partial charge in [-0.2, -0.15) is 0 Å². The highest BCUT2D eigenvalue weighted by Crippen LogP contribution is 2.35. The number of hydrogen-bond donors (Lipinski definition) is 0. The van der Waals surface area contributed by atoms with Crippen LogP contribution in [0.4, 0.5) is 5.69 Å². The molecule has 114 valence electrons. The van der Waals surface area contributed by atoms with Crippen molar-refractivity contribution in [2.45, 2.75) is 26.5 Å². The minimum atomic E-state index is 0.0628. The van der Waals surface area contributed by atoms with Crippen molar-refractivity contribution in [2.24, 2.45) is 0 Å². The molecule has 0 bridgehead atoms. The van der Waals surface area contributed by atoms with Gasteiger partial charge in [0.25, 0.3) is 0 Å². The normalized spacial score (nSPS) is 16.9.